The van der Waals surface area contributed by atoms with E-state index in [4.69, 9.17) is 0 Å². The number of alkyl halides is 5. The molecule has 1 fully saturated rings. The van der Waals surface area contributed by atoms with E-state index in [1.165, 1.54) is 44.2 Å². The van der Waals surface area contributed by atoms with E-state index < -0.39 is 94.3 Å². The van der Waals surface area contributed by atoms with Crippen LogP contribution in [0.15, 0.2) is 58.1 Å². The molecule has 2 aliphatic carbocycles. The number of H-pyrrole nitrogens is 2. The lowest BCUT2D eigenvalue weighted by atomic mass is 9.93. The van der Waals surface area contributed by atoms with Crippen molar-refractivity contribution in [3.63, 3.8) is 0 Å². The molecule has 3 heterocycles. The molecular weight excluding hydrogens is 713 g/mol. The summed E-state index contributed by atoms with van der Waals surface area (Å²) in [6.45, 7) is 1.72. The molecule has 0 aliphatic heterocycles. The van der Waals surface area contributed by atoms with Gasteiger partial charge in [-0.1, -0.05) is 18.1 Å². The Morgan fingerprint density at radius 1 is 1.08 bits per heavy atom. The molecule has 0 radical (unpaired) electrons. The van der Waals surface area contributed by atoms with Gasteiger partial charge in [-0.3, -0.25) is 19.3 Å². The Labute approximate surface area is 294 Å². The Kier molecular flexibility index (Phi) is 8.36. The highest BCUT2D eigenvalue weighted by molar-refractivity contribution is 5.93. The number of fused-ring (bicyclic) bond motifs is 4. The Bertz CT molecular complexity index is 2480. The van der Waals surface area contributed by atoms with Crippen LogP contribution in [0.3, 0.4) is 0 Å². The van der Waals surface area contributed by atoms with Crippen molar-refractivity contribution >= 4 is 16.8 Å². The number of para-hydroxylation sites is 1. The molecular formula is C36H27F7N6O4. The monoisotopic (exact) mass is 740 g/mol. The van der Waals surface area contributed by atoms with Gasteiger partial charge in [-0.05, 0) is 74.4 Å². The predicted octanol–water partition coefficient (Wildman–Crippen LogP) is 5.20. The highest BCUT2D eigenvalue weighted by Gasteiger charge is 2.68. The lowest BCUT2D eigenvalue weighted by Crippen LogP contribution is -2.35. The zero-order valence-corrected chi connectivity index (χ0v) is 27.6. The Hall–Kier alpha value is -5.76. The van der Waals surface area contributed by atoms with Gasteiger partial charge in [-0.2, -0.15) is 27.1 Å². The summed E-state index contributed by atoms with van der Waals surface area (Å²) >= 11 is 0. The Morgan fingerprint density at radius 3 is 2.47 bits per heavy atom. The third kappa shape index (κ3) is 6.81. The molecule has 7 rings (SSSR count). The number of pyridine rings is 1. The van der Waals surface area contributed by atoms with Gasteiger partial charge in [0.15, 0.2) is 5.69 Å². The number of hydrogen-bond donors (Lipinski definition) is 4. The number of rotatable bonds is 7. The molecule has 0 saturated heterocycles. The average Bonchev–Trinajstić information content (AvgIpc) is 3.70. The molecule has 274 valence electrons. The van der Waals surface area contributed by atoms with E-state index in [-0.39, 0.29) is 45.4 Å². The molecule has 2 aromatic carbocycles. The number of aromatic amines is 2. The van der Waals surface area contributed by atoms with Crippen LogP contribution < -0.4 is 16.6 Å². The van der Waals surface area contributed by atoms with Crippen LogP contribution in [0.2, 0.25) is 0 Å². The fourth-order valence-electron chi connectivity index (χ4n) is 6.82. The van der Waals surface area contributed by atoms with E-state index in [0.717, 1.165) is 12.1 Å². The van der Waals surface area contributed by atoms with Crippen LogP contribution in [0.25, 0.3) is 22.0 Å². The summed E-state index contributed by atoms with van der Waals surface area (Å²) in [6, 6.07) is 8.49. The maximum atomic E-state index is 15.3. The maximum absolute atomic E-state index is 15.3. The maximum Gasteiger partial charge on any atom is 0.435 e. The zero-order valence-electron chi connectivity index (χ0n) is 27.6. The number of hydrogen-bond acceptors (Lipinski definition) is 6. The van der Waals surface area contributed by atoms with Gasteiger partial charge in [0, 0.05) is 28.7 Å². The predicted molar refractivity (Wildman–Crippen MR) is 175 cm³/mol. The number of carbonyl (C=O) groups excluding carboxylic acids is 1. The summed E-state index contributed by atoms with van der Waals surface area (Å²) in [6.07, 6.45) is -5.64. The first kappa shape index (κ1) is 35.6. The minimum Gasteiger partial charge on any atom is -0.378 e. The lowest BCUT2D eigenvalue weighted by molar-refractivity contribution is -0.142. The van der Waals surface area contributed by atoms with Gasteiger partial charge < -0.3 is 15.4 Å². The van der Waals surface area contributed by atoms with Crippen LogP contribution in [-0.4, -0.2) is 41.3 Å². The second kappa shape index (κ2) is 12.4. The summed E-state index contributed by atoms with van der Waals surface area (Å²) in [5.41, 5.74) is -5.83. The smallest absolute Gasteiger partial charge is 0.378 e. The minimum absolute atomic E-state index is 0.0118. The van der Waals surface area contributed by atoms with E-state index in [2.05, 4.69) is 37.2 Å². The van der Waals surface area contributed by atoms with Crippen molar-refractivity contribution in [3.8, 4) is 23.0 Å². The molecule has 4 N–H and O–H groups in total. The molecule has 0 spiro atoms. The van der Waals surface area contributed by atoms with Crippen molar-refractivity contribution < 1.29 is 40.6 Å². The van der Waals surface area contributed by atoms with Crippen molar-refractivity contribution in [1.29, 1.82) is 0 Å². The molecule has 10 nitrogen and oxygen atoms in total. The highest BCUT2D eigenvalue weighted by atomic mass is 19.4. The second-order valence-electron chi connectivity index (χ2n) is 13.5. The second-order valence-corrected chi connectivity index (χ2v) is 13.5. The first-order valence-electron chi connectivity index (χ1n) is 16.1. The number of halogens is 7. The number of nitrogens with one attached hydrogen (secondary N) is 3. The summed E-state index contributed by atoms with van der Waals surface area (Å²) in [7, 11) is 0. The van der Waals surface area contributed by atoms with Gasteiger partial charge in [0.25, 0.3) is 11.5 Å². The van der Waals surface area contributed by atoms with Gasteiger partial charge in [0.2, 0.25) is 5.91 Å². The normalized spacial score (nSPS) is 17.8. The molecule has 53 heavy (non-hydrogen) atoms. The molecule has 2 aliphatic rings. The number of benzene rings is 2. The van der Waals surface area contributed by atoms with Gasteiger partial charge >= 0.3 is 11.9 Å². The van der Waals surface area contributed by atoms with Crippen LogP contribution in [-0.2, 0) is 29.9 Å². The van der Waals surface area contributed by atoms with E-state index >= 15 is 8.78 Å². The molecule has 17 heteroatoms. The summed E-state index contributed by atoms with van der Waals surface area (Å²) < 4.78 is 102. The van der Waals surface area contributed by atoms with E-state index in [9.17, 15) is 41.4 Å². The summed E-state index contributed by atoms with van der Waals surface area (Å²) in [5.74, 6) is -3.85. The Morgan fingerprint density at radius 2 is 1.79 bits per heavy atom. The number of aromatic nitrogens is 5. The van der Waals surface area contributed by atoms with Crippen molar-refractivity contribution in [1.82, 2.24) is 30.0 Å². The fraction of sp³-hybridized carbons (Fsp3) is 0.306. The quantitative estimate of drug-likeness (QED) is 0.133. The van der Waals surface area contributed by atoms with Crippen molar-refractivity contribution in [2.45, 2.75) is 62.9 Å². The fourth-order valence-corrected chi connectivity index (χ4v) is 6.82. The van der Waals surface area contributed by atoms with Gasteiger partial charge in [-0.25, -0.2) is 18.6 Å². The molecule has 1 amide bonds. The zero-order chi connectivity index (χ0) is 38.2. The molecule has 5 aromatic rings. The van der Waals surface area contributed by atoms with Gasteiger partial charge in [0.1, 0.15) is 35.2 Å². The van der Waals surface area contributed by atoms with Gasteiger partial charge in [-0.15, -0.1) is 0 Å². The first-order chi connectivity index (χ1) is 24.8. The number of aliphatic hydroxyl groups is 1. The van der Waals surface area contributed by atoms with E-state index in [1.807, 2.05) is 0 Å². The third-order valence-corrected chi connectivity index (χ3v) is 9.01. The van der Waals surface area contributed by atoms with Crippen molar-refractivity contribution in [2.24, 2.45) is 5.92 Å². The SMILES string of the molecule is CC(C)(O)C#Cc1ccc(-c2cccc3c(=O)[nH]c(=O)[nH]c23)c([C@H](Cc2cc(F)cc(F)c2)NC(=O)Cn2nc(C(F)(F)F)c3c2C(F)(F)[C@@H]2C[C@H]32)n1. The molecule has 1 saturated carbocycles. The van der Waals surface area contributed by atoms with Crippen LogP contribution in [0, 0.1) is 29.4 Å². The Balaban J connectivity index is 1.37. The first-order valence-corrected chi connectivity index (χ1v) is 16.1. The number of nitrogens with zero attached hydrogens (tertiary/aromatic N) is 3. The van der Waals surface area contributed by atoms with E-state index in [0.29, 0.717) is 10.7 Å². The number of amides is 1. The van der Waals surface area contributed by atoms with Crippen LogP contribution >= 0.6 is 0 Å². The average molecular weight is 741 g/mol. The largest absolute Gasteiger partial charge is 0.435 e. The van der Waals surface area contributed by atoms with Crippen LogP contribution in [0.4, 0.5) is 30.7 Å². The highest BCUT2D eigenvalue weighted by Crippen LogP contribution is 2.68. The summed E-state index contributed by atoms with van der Waals surface area (Å²) in [4.78, 5) is 48.0. The summed E-state index contributed by atoms with van der Waals surface area (Å²) in [5, 5.41) is 16.2. The topological polar surface area (TPSA) is 146 Å². The standard InChI is InChI=1S/C36H27F7N6O4/c1-34(2,53)9-8-19-6-7-21(20-4-3-5-22-28(20)46-33(52)47-32(22)51)29(44-19)25(12-16-10-17(37)13-18(38)11-16)45-26(50)15-49-31-27(30(48-49)36(41,42)43)23-14-24(23)35(31,39)40/h3-7,10-11,13,23-25,53H,12,14-15H2,1-2H3,(H,45,50)(H2,46,47,51,52)/t23-,24+,25-/m0/s1. The third-order valence-electron chi connectivity index (χ3n) is 9.01. The van der Waals surface area contributed by atoms with Crippen LogP contribution in [0.5, 0.6) is 0 Å². The number of carbonyl (C=O) groups is 1. The molecule has 0 unspecified atom stereocenters. The van der Waals surface area contributed by atoms with Gasteiger partial charge in [0.05, 0.1) is 22.6 Å². The molecule has 3 atom stereocenters. The van der Waals surface area contributed by atoms with Crippen molar-refractivity contribution in [3.05, 3.63) is 115 Å². The van der Waals surface area contributed by atoms with Crippen LogP contribution in [0.1, 0.15) is 66.1 Å². The van der Waals surface area contributed by atoms with E-state index in [1.54, 1.807) is 0 Å². The van der Waals surface area contributed by atoms with Crippen molar-refractivity contribution in [2.75, 3.05) is 0 Å². The minimum atomic E-state index is -5.08. The lowest BCUT2D eigenvalue weighted by Gasteiger charge is -2.23. The molecule has 3 aromatic heterocycles. The molecule has 0 bridgehead atoms.